The van der Waals surface area contributed by atoms with Crippen molar-refractivity contribution in [2.24, 2.45) is 0 Å². The van der Waals surface area contributed by atoms with Gasteiger partial charge in [-0.1, -0.05) is 98.1 Å². The van der Waals surface area contributed by atoms with E-state index in [0.717, 1.165) is 61.5 Å². The minimum absolute atomic E-state index is 0.119. The lowest BCUT2D eigenvalue weighted by molar-refractivity contribution is -0.139. The average molecular weight is 647 g/mol. The van der Waals surface area contributed by atoms with E-state index in [1.54, 1.807) is 0 Å². The zero-order valence-electron chi connectivity index (χ0n) is 26.9. The summed E-state index contributed by atoms with van der Waals surface area (Å²) in [6, 6.07) is 42.4. The smallest absolute Gasteiger partial charge is 0.330 e. The van der Waals surface area contributed by atoms with E-state index in [-0.39, 0.29) is 26.4 Å². The SMILES string of the molecule is C=CC(=O)OCCOc1ccc(C2(c3cccc4ccccc34)c3ccc(OCCOC(=O)C=C)cc3-c3cc4ccccc4cc32)cc1. The summed E-state index contributed by atoms with van der Waals surface area (Å²) in [6.45, 7) is 7.57. The molecule has 0 spiro atoms. The fourth-order valence-corrected chi connectivity index (χ4v) is 6.91. The Morgan fingerprint density at radius 3 is 1.80 bits per heavy atom. The molecular weight excluding hydrogens is 612 g/mol. The van der Waals surface area contributed by atoms with Crippen molar-refractivity contribution in [1.82, 2.24) is 0 Å². The lowest BCUT2D eigenvalue weighted by Gasteiger charge is -2.35. The number of hydrogen-bond donors (Lipinski definition) is 0. The van der Waals surface area contributed by atoms with Gasteiger partial charge < -0.3 is 18.9 Å². The molecule has 6 nitrogen and oxygen atoms in total. The summed E-state index contributed by atoms with van der Waals surface area (Å²) in [4.78, 5) is 23.0. The molecule has 49 heavy (non-hydrogen) atoms. The van der Waals surface area contributed by atoms with Crippen LogP contribution >= 0.6 is 0 Å². The van der Waals surface area contributed by atoms with Gasteiger partial charge in [0, 0.05) is 12.2 Å². The molecular formula is C43H34O6. The second-order valence-electron chi connectivity index (χ2n) is 11.7. The molecule has 1 unspecified atom stereocenters. The van der Waals surface area contributed by atoms with E-state index in [9.17, 15) is 9.59 Å². The zero-order chi connectivity index (χ0) is 33.8. The minimum atomic E-state index is -0.689. The molecule has 6 aromatic carbocycles. The van der Waals surface area contributed by atoms with E-state index in [1.165, 1.54) is 5.56 Å². The molecule has 0 amide bonds. The molecule has 0 fully saturated rings. The maximum Gasteiger partial charge on any atom is 0.330 e. The first kappa shape index (κ1) is 31.5. The Hall–Kier alpha value is -6.14. The lowest BCUT2D eigenvalue weighted by Crippen LogP contribution is -2.29. The van der Waals surface area contributed by atoms with E-state index in [0.29, 0.717) is 11.5 Å². The zero-order valence-corrected chi connectivity index (χ0v) is 26.9. The largest absolute Gasteiger partial charge is 0.490 e. The summed E-state index contributed by atoms with van der Waals surface area (Å²) in [5, 5.41) is 4.60. The Labute approximate surface area is 284 Å². The normalized spacial score (nSPS) is 14.4. The summed E-state index contributed by atoms with van der Waals surface area (Å²) in [7, 11) is 0. The van der Waals surface area contributed by atoms with Crippen molar-refractivity contribution in [3.05, 3.63) is 169 Å². The number of hydrogen-bond acceptors (Lipinski definition) is 6. The average Bonchev–Trinajstić information content (AvgIpc) is 3.42. The predicted molar refractivity (Wildman–Crippen MR) is 192 cm³/mol. The predicted octanol–water partition coefficient (Wildman–Crippen LogP) is 8.57. The van der Waals surface area contributed by atoms with Crippen LogP contribution in [0.5, 0.6) is 11.5 Å². The van der Waals surface area contributed by atoms with Crippen LogP contribution in [0.25, 0.3) is 32.7 Å². The van der Waals surface area contributed by atoms with Crippen molar-refractivity contribution in [2.45, 2.75) is 5.41 Å². The first-order valence-corrected chi connectivity index (χ1v) is 16.1. The van der Waals surface area contributed by atoms with Gasteiger partial charge in [0.15, 0.2) is 0 Å². The molecule has 7 rings (SSSR count). The standard InChI is InChI=1S/C43H34O6/c1-3-41(44)48-24-22-46-33-18-16-32(17-19-33)43(38-15-9-13-29-10-7-8-14-35(29)38)39-21-20-34(47-23-25-49-42(45)4-2)28-37(39)36-26-30-11-5-6-12-31(30)27-40(36)43/h3-21,26-28H,1-2,22-25H2. The first-order valence-electron chi connectivity index (χ1n) is 16.1. The molecule has 1 aliphatic rings. The molecule has 0 bridgehead atoms. The highest BCUT2D eigenvalue weighted by Crippen LogP contribution is 2.58. The lowest BCUT2D eigenvalue weighted by atomic mass is 9.66. The second kappa shape index (κ2) is 13.5. The van der Waals surface area contributed by atoms with E-state index in [2.05, 4.69) is 116 Å². The molecule has 0 aromatic heterocycles. The Morgan fingerprint density at radius 1 is 0.531 bits per heavy atom. The molecule has 0 heterocycles. The van der Waals surface area contributed by atoms with Crippen LogP contribution in [-0.4, -0.2) is 38.4 Å². The fourth-order valence-electron chi connectivity index (χ4n) is 6.91. The third-order valence-electron chi connectivity index (χ3n) is 8.98. The quantitative estimate of drug-likeness (QED) is 0.0753. The second-order valence-corrected chi connectivity index (χ2v) is 11.7. The van der Waals surface area contributed by atoms with Crippen molar-refractivity contribution in [3.63, 3.8) is 0 Å². The van der Waals surface area contributed by atoms with Crippen LogP contribution in [0.1, 0.15) is 22.3 Å². The Morgan fingerprint density at radius 2 is 1.10 bits per heavy atom. The Kier molecular flexibility index (Phi) is 8.69. The molecule has 0 aliphatic heterocycles. The van der Waals surface area contributed by atoms with E-state index >= 15 is 0 Å². The molecule has 6 aromatic rings. The van der Waals surface area contributed by atoms with Crippen molar-refractivity contribution in [2.75, 3.05) is 26.4 Å². The van der Waals surface area contributed by atoms with Gasteiger partial charge in [0.25, 0.3) is 0 Å². The van der Waals surface area contributed by atoms with E-state index in [4.69, 9.17) is 18.9 Å². The molecule has 0 saturated carbocycles. The van der Waals surface area contributed by atoms with E-state index in [1.807, 2.05) is 18.2 Å². The van der Waals surface area contributed by atoms with Gasteiger partial charge in [0.1, 0.15) is 37.9 Å². The van der Waals surface area contributed by atoms with Crippen LogP contribution in [0, 0.1) is 0 Å². The molecule has 242 valence electrons. The summed E-state index contributed by atoms with van der Waals surface area (Å²) < 4.78 is 22.3. The number of ether oxygens (including phenoxy) is 4. The third kappa shape index (κ3) is 5.82. The highest BCUT2D eigenvalue weighted by Gasteiger charge is 2.47. The van der Waals surface area contributed by atoms with Crippen molar-refractivity contribution in [1.29, 1.82) is 0 Å². The van der Waals surface area contributed by atoms with Gasteiger partial charge >= 0.3 is 11.9 Å². The van der Waals surface area contributed by atoms with Gasteiger partial charge in [-0.25, -0.2) is 9.59 Å². The number of rotatable bonds is 12. The molecule has 0 N–H and O–H groups in total. The van der Waals surface area contributed by atoms with Crippen molar-refractivity contribution < 1.29 is 28.5 Å². The minimum Gasteiger partial charge on any atom is -0.490 e. The van der Waals surface area contributed by atoms with Crippen LogP contribution in [0.3, 0.4) is 0 Å². The van der Waals surface area contributed by atoms with Crippen LogP contribution in [0.4, 0.5) is 0 Å². The van der Waals surface area contributed by atoms with Crippen molar-refractivity contribution in [3.8, 4) is 22.6 Å². The van der Waals surface area contributed by atoms with Gasteiger partial charge in [-0.3, -0.25) is 0 Å². The van der Waals surface area contributed by atoms with Gasteiger partial charge in [0.05, 0.1) is 5.41 Å². The summed E-state index contributed by atoms with van der Waals surface area (Å²) in [5.74, 6) is 0.393. The summed E-state index contributed by atoms with van der Waals surface area (Å²) >= 11 is 0. The summed E-state index contributed by atoms with van der Waals surface area (Å²) in [5.41, 5.74) is 6.04. The number of carbonyl (C=O) groups excluding carboxylic acids is 2. The van der Waals surface area contributed by atoms with Crippen LogP contribution in [0.15, 0.2) is 147 Å². The van der Waals surface area contributed by atoms with Crippen LogP contribution in [-0.2, 0) is 24.5 Å². The molecule has 0 radical (unpaired) electrons. The molecule has 6 heteroatoms. The number of benzene rings is 6. The number of esters is 2. The maximum absolute atomic E-state index is 11.6. The first-order chi connectivity index (χ1) is 24.0. The Balaban J connectivity index is 1.40. The van der Waals surface area contributed by atoms with Gasteiger partial charge in [-0.2, -0.15) is 0 Å². The van der Waals surface area contributed by atoms with Crippen LogP contribution in [0.2, 0.25) is 0 Å². The highest BCUT2D eigenvalue weighted by atomic mass is 16.6. The summed E-state index contributed by atoms with van der Waals surface area (Å²) in [6.07, 6.45) is 2.28. The van der Waals surface area contributed by atoms with Crippen molar-refractivity contribution >= 4 is 33.5 Å². The van der Waals surface area contributed by atoms with E-state index < -0.39 is 17.4 Å². The van der Waals surface area contributed by atoms with Gasteiger partial charge in [-0.15, -0.1) is 0 Å². The fraction of sp³-hybridized carbons (Fsp3) is 0.116. The third-order valence-corrected chi connectivity index (χ3v) is 8.98. The topological polar surface area (TPSA) is 71.1 Å². The Bertz CT molecular complexity index is 2210. The molecule has 1 atom stereocenters. The monoisotopic (exact) mass is 646 g/mol. The molecule has 1 aliphatic carbocycles. The maximum atomic E-state index is 11.6. The van der Waals surface area contributed by atoms with Gasteiger partial charge in [0.2, 0.25) is 0 Å². The highest BCUT2D eigenvalue weighted by molar-refractivity contribution is 5.99. The number of carbonyl (C=O) groups is 2. The molecule has 0 saturated heterocycles. The number of fused-ring (bicyclic) bond motifs is 5. The van der Waals surface area contributed by atoms with Gasteiger partial charge in [-0.05, 0) is 91.3 Å². The van der Waals surface area contributed by atoms with Crippen LogP contribution < -0.4 is 9.47 Å².